The van der Waals surface area contributed by atoms with Gasteiger partial charge in [0.05, 0.1) is 0 Å². The first-order chi connectivity index (χ1) is 15.1. The van der Waals surface area contributed by atoms with Gasteiger partial charge in [-0.25, -0.2) is 0 Å². The Kier molecular flexibility index (Phi) is 6.06. The van der Waals surface area contributed by atoms with E-state index in [1.165, 1.54) is 0 Å². The monoisotopic (exact) mass is 424 g/mol. The number of carbonyl (C=O) groups excluding carboxylic acids is 2. The van der Waals surface area contributed by atoms with Crippen LogP contribution in [0.3, 0.4) is 0 Å². The van der Waals surface area contributed by atoms with E-state index in [1.807, 2.05) is 12.1 Å². The number of rotatable bonds is 7. The van der Waals surface area contributed by atoms with E-state index in [1.54, 1.807) is 109 Å². The van der Waals surface area contributed by atoms with Gasteiger partial charge >= 0.3 is 0 Å². The van der Waals surface area contributed by atoms with E-state index in [9.17, 15) is 14.2 Å². The first-order valence-corrected chi connectivity index (χ1v) is 11.8. The molecule has 4 rings (SSSR count). The lowest BCUT2D eigenvalue weighted by molar-refractivity contribution is 0.0899. The summed E-state index contributed by atoms with van der Waals surface area (Å²) in [4.78, 5) is 27.5. The van der Waals surface area contributed by atoms with Crippen molar-refractivity contribution in [2.45, 2.75) is 5.66 Å². The molecule has 0 atom stereocenters. The van der Waals surface area contributed by atoms with E-state index in [2.05, 4.69) is 0 Å². The molecule has 0 aliphatic carbocycles. The molecule has 0 aromatic heterocycles. The summed E-state index contributed by atoms with van der Waals surface area (Å²) in [5, 5.41) is 0.972. The molecule has 0 fully saturated rings. The molecular weight excluding hydrogens is 403 g/mol. The second kappa shape index (κ2) is 9.07. The van der Waals surface area contributed by atoms with Crippen molar-refractivity contribution < 1.29 is 14.2 Å². The molecule has 31 heavy (non-hydrogen) atoms. The molecule has 0 aliphatic rings. The predicted octanol–water partition coefficient (Wildman–Crippen LogP) is 5.13. The summed E-state index contributed by atoms with van der Waals surface area (Å²) in [5.74, 6) is -0.879. The number of hydrogen-bond acceptors (Lipinski definition) is 3. The van der Waals surface area contributed by atoms with Gasteiger partial charge in [-0.1, -0.05) is 121 Å². The zero-order valence-electron chi connectivity index (χ0n) is 16.8. The van der Waals surface area contributed by atoms with Crippen LogP contribution in [-0.2, 0) is 4.57 Å². The van der Waals surface area contributed by atoms with Gasteiger partial charge < -0.3 is 4.57 Å². The highest BCUT2D eigenvalue weighted by atomic mass is 31.2. The van der Waals surface area contributed by atoms with E-state index >= 15 is 0 Å². The second-order valence-corrected chi connectivity index (χ2v) is 10.1. The van der Waals surface area contributed by atoms with Gasteiger partial charge in [0.1, 0.15) is 5.66 Å². The quantitative estimate of drug-likeness (QED) is 0.235. The minimum Gasteiger partial charge on any atom is -0.312 e. The molecule has 3 nitrogen and oxygen atoms in total. The van der Waals surface area contributed by atoms with Gasteiger partial charge in [0.15, 0.2) is 18.7 Å². The third-order valence-electron chi connectivity index (χ3n) is 5.26. The van der Waals surface area contributed by atoms with E-state index < -0.39 is 24.4 Å². The molecule has 152 valence electrons. The van der Waals surface area contributed by atoms with E-state index in [4.69, 9.17) is 0 Å². The number of benzene rings is 4. The van der Waals surface area contributed by atoms with Gasteiger partial charge in [0.25, 0.3) is 0 Å². The zero-order chi connectivity index (χ0) is 21.7. The first kappa shape index (κ1) is 20.7. The molecule has 0 aliphatic heterocycles. The highest BCUT2D eigenvalue weighted by Crippen LogP contribution is 2.51. The zero-order valence-corrected chi connectivity index (χ0v) is 17.7. The Hall–Kier alpha value is -3.55. The van der Waals surface area contributed by atoms with Crippen molar-refractivity contribution in [2.24, 2.45) is 0 Å². The fourth-order valence-corrected chi connectivity index (χ4v) is 6.80. The Labute approximate surface area is 181 Å². The minimum absolute atomic E-state index is 0.365. The summed E-state index contributed by atoms with van der Waals surface area (Å²) in [6.45, 7) is 0. The molecule has 0 saturated carbocycles. The van der Waals surface area contributed by atoms with Crippen LogP contribution in [0.1, 0.15) is 20.7 Å². The molecule has 4 aromatic rings. The molecule has 0 N–H and O–H groups in total. The average molecular weight is 424 g/mol. The highest BCUT2D eigenvalue weighted by Gasteiger charge is 2.46. The maximum absolute atomic E-state index is 14.9. The predicted molar refractivity (Wildman–Crippen MR) is 125 cm³/mol. The maximum atomic E-state index is 14.9. The molecule has 0 heterocycles. The van der Waals surface area contributed by atoms with Crippen LogP contribution in [0.15, 0.2) is 121 Å². The fourth-order valence-electron chi connectivity index (χ4n) is 3.72. The number of ketones is 2. The normalized spacial score (nSPS) is 11.3. The van der Waals surface area contributed by atoms with Crippen molar-refractivity contribution in [1.29, 1.82) is 0 Å². The molecule has 0 saturated heterocycles. The summed E-state index contributed by atoms with van der Waals surface area (Å²) in [7, 11) is -3.68. The van der Waals surface area contributed by atoms with Crippen LogP contribution >= 0.6 is 7.14 Å². The molecule has 4 aromatic carbocycles. The van der Waals surface area contributed by atoms with Gasteiger partial charge in [0, 0.05) is 21.7 Å². The SMILES string of the molecule is O=C(c1ccccc1)C(C(=O)c1ccccc1)P(=O)(c1ccccc1)c1ccccc1. The summed E-state index contributed by atoms with van der Waals surface area (Å²) in [6, 6.07) is 34.9. The minimum atomic E-state index is -3.68. The molecule has 0 spiro atoms. The second-order valence-electron chi connectivity index (χ2n) is 7.19. The maximum Gasteiger partial charge on any atom is 0.181 e. The molecule has 0 amide bonds. The third-order valence-corrected chi connectivity index (χ3v) is 8.58. The largest absolute Gasteiger partial charge is 0.312 e. The van der Waals surface area contributed by atoms with E-state index in [0.29, 0.717) is 21.7 Å². The number of carbonyl (C=O) groups is 2. The molecule has 0 unspecified atom stereocenters. The van der Waals surface area contributed by atoms with Gasteiger partial charge in [0.2, 0.25) is 0 Å². The summed E-state index contributed by atoms with van der Waals surface area (Å²) in [6.07, 6.45) is 0. The summed E-state index contributed by atoms with van der Waals surface area (Å²) < 4.78 is 14.9. The topological polar surface area (TPSA) is 51.2 Å². The summed E-state index contributed by atoms with van der Waals surface area (Å²) in [5.41, 5.74) is -0.630. The van der Waals surface area contributed by atoms with Gasteiger partial charge in [-0.3, -0.25) is 9.59 Å². The average Bonchev–Trinajstić information content (AvgIpc) is 2.86. The van der Waals surface area contributed by atoms with Crippen molar-refractivity contribution >= 4 is 29.3 Å². The van der Waals surface area contributed by atoms with Crippen molar-refractivity contribution in [3.05, 3.63) is 132 Å². The molecule has 0 radical (unpaired) electrons. The van der Waals surface area contributed by atoms with Crippen LogP contribution < -0.4 is 10.6 Å². The van der Waals surface area contributed by atoms with Crippen molar-refractivity contribution in [1.82, 2.24) is 0 Å². The third kappa shape index (κ3) is 4.05. The van der Waals surface area contributed by atoms with Crippen molar-refractivity contribution in [3.63, 3.8) is 0 Å². The standard InChI is InChI=1S/C27H21O3P/c28-25(21-13-5-1-6-14-21)27(26(29)22-15-7-2-8-16-22)31(30,23-17-9-3-10-18-23)24-19-11-4-12-20-24/h1-20,27H. The van der Waals surface area contributed by atoms with Gasteiger partial charge in [-0.05, 0) is 0 Å². The fraction of sp³-hybridized carbons (Fsp3) is 0.0370. The Morgan fingerprint density at radius 1 is 0.484 bits per heavy atom. The Balaban J connectivity index is 1.98. The van der Waals surface area contributed by atoms with E-state index in [0.717, 1.165) is 0 Å². The lowest BCUT2D eigenvalue weighted by Crippen LogP contribution is -2.38. The van der Waals surface area contributed by atoms with Gasteiger partial charge in [-0.15, -0.1) is 0 Å². The highest BCUT2D eigenvalue weighted by molar-refractivity contribution is 7.81. The van der Waals surface area contributed by atoms with Crippen LogP contribution in [-0.4, -0.2) is 17.2 Å². The first-order valence-electron chi connectivity index (χ1n) is 10.0. The van der Waals surface area contributed by atoms with Crippen LogP contribution in [0.25, 0.3) is 0 Å². The Bertz CT molecular complexity index is 1130. The van der Waals surface area contributed by atoms with Crippen molar-refractivity contribution in [2.75, 3.05) is 0 Å². The number of hydrogen-bond donors (Lipinski definition) is 0. The van der Waals surface area contributed by atoms with Crippen LogP contribution in [0.2, 0.25) is 0 Å². The van der Waals surface area contributed by atoms with Crippen LogP contribution in [0, 0.1) is 0 Å². The lowest BCUT2D eigenvalue weighted by atomic mass is 10.0. The lowest BCUT2D eigenvalue weighted by Gasteiger charge is -2.27. The van der Waals surface area contributed by atoms with Gasteiger partial charge in [-0.2, -0.15) is 0 Å². The Morgan fingerprint density at radius 2 is 0.774 bits per heavy atom. The van der Waals surface area contributed by atoms with Crippen LogP contribution in [0.4, 0.5) is 0 Å². The Morgan fingerprint density at radius 3 is 1.10 bits per heavy atom. The smallest absolute Gasteiger partial charge is 0.181 e. The molecule has 4 heteroatoms. The summed E-state index contributed by atoms with van der Waals surface area (Å²) >= 11 is 0. The molecular formula is C27H21O3P. The van der Waals surface area contributed by atoms with Crippen molar-refractivity contribution in [3.8, 4) is 0 Å². The van der Waals surface area contributed by atoms with E-state index in [-0.39, 0.29) is 0 Å². The van der Waals surface area contributed by atoms with Crippen LogP contribution in [0.5, 0.6) is 0 Å². The number of Topliss-reactive ketones (excluding diaryl/α,β-unsaturated/α-hetero) is 2. The molecule has 0 bridgehead atoms.